The molecule has 0 aliphatic rings. The van der Waals surface area contributed by atoms with Crippen molar-refractivity contribution >= 4 is 47.4 Å². The molecular formula is C36H74N16O7. The van der Waals surface area contributed by atoms with Crippen LogP contribution in [0.15, 0.2) is 9.98 Å². The number of amides is 5. The Morgan fingerprint density at radius 2 is 0.678 bits per heavy atom. The van der Waals surface area contributed by atoms with Gasteiger partial charge in [0, 0.05) is 13.1 Å². The molecule has 0 aliphatic carbocycles. The number of hydrogen-bond acceptors (Lipinski definition) is 13. The Kier molecular flexibility index (Phi) is 30.3. The van der Waals surface area contributed by atoms with Gasteiger partial charge < -0.3 is 83.3 Å². The van der Waals surface area contributed by atoms with Crippen LogP contribution in [0.25, 0.3) is 0 Å². The molecule has 5 amide bonds. The van der Waals surface area contributed by atoms with E-state index in [4.69, 9.17) is 51.6 Å². The largest absolute Gasteiger partial charge is 0.480 e. The first-order valence-electron chi connectivity index (χ1n) is 20.5. The van der Waals surface area contributed by atoms with Gasteiger partial charge in [0.25, 0.3) is 0 Å². The van der Waals surface area contributed by atoms with E-state index in [1.165, 1.54) is 0 Å². The number of nitrogens with one attached hydrogen (secondary N) is 5. The normalized spacial score (nSPS) is 14.0. The van der Waals surface area contributed by atoms with E-state index in [0.717, 1.165) is 0 Å². The van der Waals surface area contributed by atoms with E-state index in [2.05, 4.69) is 36.6 Å². The number of hydrogen-bond donors (Lipinski definition) is 15. The van der Waals surface area contributed by atoms with Crippen LogP contribution in [0.1, 0.15) is 103 Å². The fourth-order valence-electron chi connectivity index (χ4n) is 5.83. The zero-order chi connectivity index (χ0) is 44.6. The third-order valence-electron chi connectivity index (χ3n) is 9.18. The monoisotopic (exact) mass is 843 g/mol. The number of rotatable bonds is 35. The number of nitrogens with two attached hydrogens (primary N) is 9. The lowest BCUT2D eigenvalue weighted by Gasteiger charge is -2.27. The Balaban J connectivity index is 6.42. The molecule has 340 valence electrons. The van der Waals surface area contributed by atoms with Gasteiger partial charge in [0.05, 0.1) is 6.04 Å². The van der Waals surface area contributed by atoms with Crippen molar-refractivity contribution in [3.05, 3.63) is 0 Å². The quantitative estimate of drug-likeness (QED) is 0.0162. The van der Waals surface area contributed by atoms with Crippen molar-refractivity contribution in [2.45, 2.75) is 139 Å². The fourth-order valence-corrected chi connectivity index (χ4v) is 5.83. The summed E-state index contributed by atoms with van der Waals surface area (Å²) in [6, 6.07) is -6.86. The lowest BCUT2D eigenvalue weighted by Crippen LogP contribution is -2.59. The second-order valence-electron chi connectivity index (χ2n) is 14.3. The summed E-state index contributed by atoms with van der Waals surface area (Å²) < 4.78 is 0. The van der Waals surface area contributed by atoms with E-state index in [9.17, 15) is 33.9 Å². The van der Waals surface area contributed by atoms with Gasteiger partial charge in [0.2, 0.25) is 29.5 Å². The molecule has 6 atom stereocenters. The second-order valence-corrected chi connectivity index (χ2v) is 14.3. The highest BCUT2D eigenvalue weighted by atomic mass is 16.4. The molecule has 0 rings (SSSR count). The van der Waals surface area contributed by atoms with Gasteiger partial charge in [-0.25, -0.2) is 4.79 Å². The summed E-state index contributed by atoms with van der Waals surface area (Å²) in [6.45, 7) is 1.71. The van der Waals surface area contributed by atoms with Crippen molar-refractivity contribution in [2.75, 3.05) is 39.3 Å². The molecule has 23 heteroatoms. The van der Waals surface area contributed by atoms with Crippen LogP contribution < -0.4 is 78.2 Å². The Bertz CT molecular complexity index is 1310. The lowest BCUT2D eigenvalue weighted by molar-refractivity contribution is -0.142. The molecule has 0 aromatic heterocycles. The number of aliphatic imine (C=N–C) groups is 2. The van der Waals surface area contributed by atoms with Gasteiger partial charge in [-0.1, -0.05) is 6.42 Å². The minimum atomic E-state index is -1.25. The Morgan fingerprint density at radius 1 is 0.407 bits per heavy atom. The molecule has 0 aromatic carbocycles. The average Bonchev–Trinajstić information content (AvgIpc) is 3.18. The van der Waals surface area contributed by atoms with Gasteiger partial charge in [-0.15, -0.1) is 0 Å². The average molecular weight is 843 g/mol. The molecule has 0 fully saturated rings. The molecule has 0 saturated carbocycles. The molecule has 0 spiro atoms. The molecule has 0 radical (unpaired) electrons. The van der Waals surface area contributed by atoms with Crippen LogP contribution in [-0.4, -0.2) is 128 Å². The van der Waals surface area contributed by atoms with Crippen LogP contribution in [-0.2, 0) is 28.8 Å². The highest BCUT2D eigenvalue weighted by Crippen LogP contribution is 2.10. The molecule has 0 aromatic rings. The Hall–Kier alpha value is -4.84. The predicted octanol–water partition coefficient (Wildman–Crippen LogP) is -4.55. The van der Waals surface area contributed by atoms with E-state index in [1.54, 1.807) is 0 Å². The first-order valence-corrected chi connectivity index (χ1v) is 20.5. The van der Waals surface area contributed by atoms with Crippen LogP contribution in [0, 0.1) is 0 Å². The lowest BCUT2D eigenvalue weighted by atomic mass is 10.0. The zero-order valence-electron chi connectivity index (χ0n) is 34.5. The smallest absolute Gasteiger partial charge is 0.326 e. The minimum absolute atomic E-state index is 0.0255. The van der Waals surface area contributed by atoms with Crippen LogP contribution >= 0.6 is 0 Å². The Morgan fingerprint density at radius 3 is 0.983 bits per heavy atom. The summed E-state index contributed by atoms with van der Waals surface area (Å²) in [5, 5.41) is 23.1. The fraction of sp³-hybridized carbons (Fsp3) is 0.778. The summed E-state index contributed by atoms with van der Waals surface area (Å²) >= 11 is 0. The zero-order valence-corrected chi connectivity index (χ0v) is 34.5. The molecule has 23 nitrogen and oxygen atoms in total. The number of carboxylic acids is 1. The summed E-state index contributed by atoms with van der Waals surface area (Å²) in [4.78, 5) is 88.0. The van der Waals surface area contributed by atoms with Crippen LogP contribution in [0.5, 0.6) is 0 Å². The van der Waals surface area contributed by atoms with Crippen molar-refractivity contribution in [3.63, 3.8) is 0 Å². The number of carbonyl (C=O) groups is 6. The number of aliphatic carboxylic acids is 1. The summed E-state index contributed by atoms with van der Waals surface area (Å²) in [5.41, 5.74) is 50.4. The molecule has 0 saturated heterocycles. The van der Waals surface area contributed by atoms with E-state index < -0.39 is 71.8 Å². The van der Waals surface area contributed by atoms with Crippen LogP contribution in [0.2, 0.25) is 0 Å². The van der Waals surface area contributed by atoms with E-state index in [0.29, 0.717) is 90.4 Å². The third kappa shape index (κ3) is 26.0. The van der Waals surface area contributed by atoms with E-state index in [1.807, 2.05) is 0 Å². The van der Waals surface area contributed by atoms with Crippen molar-refractivity contribution in [1.82, 2.24) is 26.6 Å². The molecule has 0 bridgehead atoms. The maximum absolute atomic E-state index is 14.0. The number of carbonyl (C=O) groups excluding carboxylic acids is 5. The number of unbranched alkanes of at least 4 members (excludes halogenated alkanes) is 4. The van der Waals surface area contributed by atoms with Crippen molar-refractivity contribution in [3.8, 4) is 0 Å². The third-order valence-corrected chi connectivity index (χ3v) is 9.18. The molecule has 0 aliphatic heterocycles. The van der Waals surface area contributed by atoms with E-state index in [-0.39, 0.29) is 63.5 Å². The predicted molar refractivity (Wildman–Crippen MR) is 227 cm³/mol. The first kappa shape index (κ1) is 54.2. The number of nitrogens with zero attached hydrogens (tertiary/aromatic N) is 2. The maximum Gasteiger partial charge on any atom is 0.326 e. The molecule has 0 heterocycles. The van der Waals surface area contributed by atoms with Gasteiger partial charge in [0.1, 0.15) is 30.2 Å². The molecule has 24 N–H and O–H groups in total. The molecule has 0 unspecified atom stereocenters. The summed E-state index contributed by atoms with van der Waals surface area (Å²) in [6.07, 6.45) is 5.53. The molecule has 59 heavy (non-hydrogen) atoms. The SMILES string of the molecule is NCCCC[C@H](NC(=O)[C@H](CCCN=C(N)N)NC(=O)[C@H](CCCCN)NC(=O)[C@H](CCCCN)NC(=O)[C@H](CCCN=C(N)N)NC(=O)[C@@H](N)CCCCN)C(=O)O. The summed E-state index contributed by atoms with van der Waals surface area (Å²) in [7, 11) is 0. The van der Waals surface area contributed by atoms with Crippen molar-refractivity contribution in [1.29, 1.82) is 0 Å². The van der Waals surface area contributed by atoms with Crippen LogP contribution in [0.3, 0.4) is 0 Å². The standard InChI is InChI=1S/C36H74N16O7/c37-17-5-1-11-23(41)29(53)48-26(15-9-21-46-35(42)43)32(56)50-24(12-2-6-18-38)30(54)49-25(13-3-7-19-39)31(55)51-27(16-10-22-47-36(44)45)33(57)52-28(34(58)59)14-4-8-20-40/h23-28H,1-22,37-41H2,(H,48,53)(H,49,54)(H,50,56)(H,51,55)(H,52,57)(H,58,59)(H4,42,43,46)(H4,44,45,47)/t23-,24-,25-,26-,27-,28-/m0/s1. The van der Waals surface area contributed by atoms with Crippen molar-refractivity contribution in [2.24, 2.45) is 61.6 Å². The van der Waals surface area contributed by atoms with Gasteiger partial charge in [-0.05, 0) is 122 Å². The van der Waals surface area contributed by atoms with E-state index >= 15 is 0 Å². The number of carboxylic acid groups (broad SMARTS) is 1. The highest BCUT2D eigenvalue weighted by Gasteiger charge is 2.32. The highest BCUT2D eigenvalue weighted by molar-refractivity contribution is 5.96. The topological polar surface area (TPSA) is 442 Å². The van der Waals surface area contributed by atoms with Crippen LogP contribution in [0.4, 0.5) is 0 Å². The second kappa shape index (κ2) is 33.0. The van der Waals surface area contributed by atoms with Gasteiger partial charge in [-0.3, -0.25) is 34.0 Å². The Labute approximate surface area is 347 Å². The van der Waals surface area contributed by atoms with Gasteiger partial charge in [-0.2, -0.15) is 0 Å². The maximum atomic E-state index is 14.0. The minimum Gasteiger partial charge on any atom is -0.480 e. The van der Waals surface area contributed by atoms with Gasteiger partial charge >= 0.3 is 5.97 Å². The molecular weight excluding hydrogens is 769 g/mol. The van der Waals surface area contributed by atoms with Gasteiger partial charge in [0.15, 0.2) is 11.9 Å². The number of guanidine groups is 2. The van der Waals surface area contributed by atoms with Crippen molar-refractivity contribution < 1.29 is 33.9 Å². The summed E-state index contributed by atoms with van der Waals surface area (Å²) in [5.74, 6) is -4.98. The first-order chi connectivity index (χ1) is 28.1.